The average molecular weight is 536 g/mol. The summed E-state index contributed by atoms with van der Waals surface area (Å²) in [6.07, 6.45) is 4.34. The molecule has 196 valence electrons. The van der Waals surface area contributed by atoms with Gasteiger partial charge in [0.2, 0.25) is 0 Å². The van der Waals surface area contributed by atoms with Gasteiger partial charge in [0, 0.05) is 17.3 Å². The number of fused-ring (bicyclic) bond motifs is 2. The minimum absolute atomic E-state index is 0.0165. The van der Waals surface area contributed by atoms with Gasteiger partial charge in [-0.15, -0.1) is 0 Å². The molecule has 0 N–H and O–H groups in total. The Hall–Kier alpha value is -2.14. The predicted octanol–water partition coefficient (Wildman–Crippen LogP) is 9.12. The van der Waals surface area contributed by atoms with Crippen LogP contribution in [0.3, 0.4) is 0 Å². The molecule has 0 saturated carbocycles. The van der Waals surface area contributed by atoms with Crippen LogP contribution in [0.15, 0.2) is 48.5 Å². The Morgan fingerprint density at radius 1 is 1.05 bits per heavy atom. The second kappa shape index (κ2) is 10.9. The molecule has 0 radical (unpaired) electrons. The van der Waals surface area contributed by atoms with Crippen LogP contribution in [0.5, 0.6) is 5.75 Å². The third-order valence-electron chi connectivity index (χ3n) is 7.14. The maximum Gasteiger partial charge on any atom is 0.122 e. The van der Waals surface area contributed by atoms with Crippen molar-refractivity contribution in [3.05, 3.63) is 81.4 Å². The van der Waals surface area contributed by atoms with Gasteiger partial charge in [-0.25, -0.2) is 0 Å². The van der Waals surface area contributed by atoms with Crippen LogP contribution in [0, 0.1) is 6.92 Å². The molecule has 0 aliphatic carbocycles. The first-order valence-electron chi connectivity index (χ1n) is 13.4. The van der Waals surface area contributed by atoms with E-state index in [4.69, 9.17) is 21.1 Å². The van der Waals surface area contributed by atoms with Crippen molar-refractivity contribution in [1.29, 1.82) is 0 Å². The van der Waals surface area contributed by atoms with Gasteiger partial charge >= 0.3 is 0 Å². The first kappa shape index (κ1) is 26.5. The van der Waals surface area contributed by atoms with Crippen molar-refractivity contribution in [3.8, 4) is 16.9 Å². The highest BCUT2D eigenvalue weighted by atomic mass is 35.5. The van der Waals surface area contributed by atoms with Gasteiger partial charge < -0.3 is 13.8 Å². The van der Waals surface area contributed by atoms with Crippen LogP contribution in [0.4, 0.5) is 5.69 Å². The van der Waals surface area contributed by atoms with E-state index in [1.165, 1.54) is 44.6 Å². The minimum Gasteiger partial charge on any atom is -0.493 e. The zero-order chi connectivity index (χ0) is 26.2. The number of anilines is 1. The number of aryl methyl sites for hydroxylation is 2. The van der Waals surface area contributed by atoms with Crippen molar-refractivity contribution < 1.29 is 9.47 Å². The fourth-order valence-electron chi connectivity index (χ4n) is 5.67. The Kier molecular flexibility index (Phi) is 7.81. The van der Waals surface area contributed by atoms with E-state index in [1.54, 1.807) is 0 Å². The molecule has 0 fully saturated rings. The summed E-state index contributed by atoms with van der Waals surface area (Å²) >= 11 is 8.00. The molecule has 0 saturated heterocycles. The Labute approximate surface area is 231 Å². The lowest BCUT2D eigenvalue weighted by atomic mass is 9.84. The van der Waals surface area contributed by atoms with Crippen LogP contribution >= 0.6 is 23.5 Å². The molecule has 37 heavy (non-hydrogen) atoms. The summed E-state index contributed by atoms with van der Waals surface area (Å²) in [6.45, 7) is 12.8. The number of hydrogen-bond acceptors (Lipinski definition) is 4. The summed E-state index contributed by atoms with van der Waals surface area (Å²) in [5.74, 6) is 1.96. The number of hydrogen-bond donors (Lipinski definition) is 0. The van der Waals surface area contributed by atoms with E-state index in [0.717, 1.165) is 55.4 Å². The SMILES string of the molecule is Cc1cc2c(c(C(C)OC(C)(C)C)c1-c1ccc3c(c1)CCCO3)CCCN2SCc1ccc(Cl)cc1. The Morgan fingerprint density at radius 2 is 1.84 bits per heavy atom. The fraction of sp³-hybridized carbons (Fsp3) is 0.438. The van der Waals surface area contributed by atoms with Crippen molar-refractivity contribution >= 4 is 29.2 Å². The number of rotatable bonds is 6. The van der Waals surface area contributed by atoms with Crippen LogP contribution in [-0.4, -0.2) is 18.8 Å². The highest BCUT2D eigenvalue weighted by Gasteiger charge is 2.29. The van der Waals surface area contributed by atoms with Crippen molar-refractivity contribution in [1.82, 2.24) is 0 Å². The van der Waals surface area contributed by atoms with Crippen LogP contribution in [0.2, 0.25) is 5.02 Å². The number of benzene rings is 3. The van der Waals surface area contributed by atoms with Crippen molar-refractivity contribution in [2.24, 2.45) is 0 Å². The molecule has 3 nitrogen and oxygen atoms in total. The third-order valence-corrected chi connectivity index (χ3v) is 8.55. The second-order valence-electron chi connectivity index (χ2n) is 11.2. The van der Waals surface area contributed by atoms with E-state index in [1.807, 2.05) is 24.1 Å². The van der Waals surface area contributed by atoms with E-state index < -0.39 is 0 Å². The largest absolute Gasteiger partial charge is 0.493 e. The van der Waals surface area contributed by atoms with Crippen LogP contribution < -0.4 is 9.04 Å². The zero-order valence-electron chi connectivity index (χ0n) is 22.7. The molecule has 0 amide bonds. The van der Waals surface area contributed by atoms with E-state index >= 15 is 0 Å². The molecule has 5 heteroatoms. The topological polar surface area (TPSA) is 21.7 Å². The minimum atomic E-state index is -0.227. The maximum absolute atomic E-state index is 6.63. The molecule has 3 aromatic carbocycles. The first-order valence-corrected chi connectivity index (χ1v) is 14.8. The lowest BCUT2D eigenvalue weighted by molar-refractivity contribution is -0.0530. The van der Waals surface area contributed by atoms with E-state index in [9.17, 15) is 0 Å². The van der Waals surface area contributed by atoms with E-state index in [0.29, 0.717) is 0 Å². The molecule has 1 unspecified atom stereocenters. The molecule has 2 aliphatic rings. The monoisotopic (exact) mass is 535 g/mol. The molecule has 2 aliphatic heterocycles. The van der Waals surface area contributed by atoms with Crippen LogP contribution in [0.1, 0.15) is 74.5 Å². The highest BCUT2D eigenvalue weighted by molar-refractivity contribution is 7.99. The molecule has 3 aromatic rings. The summed E-state index contributed by atoms with van der Waals surface area (Å²) in [5, 5.41) is 0.784. The van der Waals surface area contributed by atoms with Crippen molar-refractivity contribution in [2.45, 2.75) is 77.8 Å². The molecule has 0 bridgehead atoms. The highest BCUT2D eigenvalue weighted by Crippen LogP contribution is 2.46. The Balaban J connectivity index is 1.57. The summed E-state index contributed by atoms with van der Waals surface area (Å²) in [5.41, 5.74) is 10.4. The lowest BCUT2D eigenvalue weighted by Gasteiger charge is -2.36. The predicted molar refractivity (Wildman–Crippen MR) is 158 cm³/mol. The van der Waals surface area contributed by atoms with Gasteiger partial charge in [0.05, 0.1) is 24.0 Å². The van der Waals surface area contributed by atoms with Gasteiger partial charge in [0.1, 0.15) is 5.75 Å². The van der Waals surface area contributed by atoms with Gasteiger partial charge in [-0.2, -0.15) is 0 Å². The molecule has 2 heterocycles. The molecular formula is C32H38ClNO2S. The Bertz CT molecular complexity index is 1270. The van der Waals surface area contributed by atoms with Crippen LogP contribution in [-0.2, 0) is 23.3 Å². The lowest BCUT2D eigenvalue weighted by Crippen LogP contribution is -2.27. The van der Waals surface area contributed by atoms with Gasteiger partial charge in [-0.05, 0) is 142 Å². The number of halogens is 1. The smallest absolute Gasteiger partial charge is 0.122 e. The van der Waals surface area contributed by atoms with Gasteiger partial charge in [-0.1, -0.05) is 29.8 Å². The van der Waals surface area contributed by atoms with Crippen molar-refractivity contribution in [2.75, 3.05) is 17.5 Å². The summed E-state index contributed by atoms with van der Waals surface area (Å²) in [6, 6.07) is 17.4. The molecule has 5 rings (SSSR count). The second-order valence-corrected chi connectivity index (χ2v) is 12.7. The van der Waals surface area contributed by atoms with Crippen LogP contribution in [0.25, 0.3) is 11.1 Å². The van der Waals surface area contributed by atoms with Gasteiger partial charge in [0.25, 0.3) is 0 Å². The number of nitrogens with zero attached hydrogens (tertiary/aromatic N) is 1. The van der Waals surface area contributed by atoms with E-state index in [-0.39, 0.29) is 11.7 Å². The Morgan fingerprint density at radius 3 is 2.59 bits per heavy atom. The fourth-order valence-corrected chi connectivity index (χ4v) is 6.86. The normalized spacial score (nSPS) is 16.1. The maximum atomic E-state index is 6.63. The average Bonchev–Trinajstić information content (AvgIpc) is 2.86. The zero-order valence-corrected chi connectivity index (χ0v) is 24.3. The van der Waals surface area contributed by atoms with Gasteiger partial charge in [0.15, 0.2) is 0 Å². The standard InChI is InChI=1S/C32H38ClNO2S/c1-21-18-28-27(9-6-16-34(28)37-20-23-10-13-26(33)14-11-23)31(22(2)36-32(3,4)5)30(21)25-12-15-29-24(19-25)8-7-17-35-29/h10-15,18-19,22H,6-9,16-17,20H2,1-5H3. The molecule has 1 atom stereocenters. The summed E-state index contributed by atoms with van der Waals surface area (Å²) in [7, 11) is 0. The van der Waals surface area contributed by atoms with Gasteiger partial charge in [-0.3, -0.25) is 0 Å². The molecular weight excluding hydrogens is 498 g/mol. The first-order chi connectivity index (χ1) is 17.7. The quantitative estimate of drug-likeness (QED) is 0.293. The summed E-state index contributed by atoms with van der Waals surface area (Å²) in [4.78, 5) is 0. The van der Waals surface area contributed by atoms with Crippen molar-refractivity contribution in [3.63, 3.8) is 0 Å². The molecule has 0 aromatic heterocycles. The number of ether oxygens (including phenoxy) is 2. The summed E-state index contributed by atoms with van der Waals surface area (Å²) < 4.78 is 15.1. The van der Waals surface area contributed by atoms with E-state index in [2.05, 4.69) is 75.3 Å². The third kappa shape index (κ3) is 5.97. The molecule has 0 spiro atoms.